The van der Waals surface area contributed by atoms with Crippen molar-refractivity contribution in [3.05, 3.63) is 60.8 Å². The lowest BCUT2D eigenvalue weighted by Crippen LogP contribution is -2.48. The van der Waals surface area contributed by atoms with Crippen molar-refractivity contribution in [3.63, 3.8) is 0 Å². The van der Waals surface area contributed by atoms with Gasteiger partial charge < -0.3 is 30.4 Å². The van der Waals surface area contributed by atoms with Gasteiger partial charge in [0.05, 0.1) is 5.69 Å². The molecule has 0 bridgehead atoms. The minimum Gasteiger partial charge on any atom is -0.508 e. The molecule has 10 nitrogen and oxygen atoms in total. The van der Waals surface area contributed by atoms with Crippen LogP contribution in [0, 0.1) is 0 Å². The highest BCUT2D eigenvalue weighted by Crippen LogP contribution is 2.29. The van der Waals surface area contributed by atoms with Gasteiger partial charge in [0.25, 0.3) is 5.91 Å². The van der Waals surface area contributed by atoms with E-state index in [-0.39, 0.29) is 17.4 Å². The predicted molar refractivity (Wildman–Crippen MR) is 142 cm³/mol. The number of piperazine rings is 1. The van der Waals surface area contributed by atoms with Crippen molar-refractivity contribution in [1.29, 1.82) is 0 Å². The molecule has 0 atom stereocenters. The summed E-state index contributed by atoms with van der Waals surface area (Å²) in [5.74, 6) is 0.511. The third kappa shape index (κ3) is 5.89. The van der Waals surface area contributed by atoms with Gasteiger partial charge in [-0.1, -0.05) is 30.8 Å². The summed E-state index contributed by atoms with van der Waals surface area (Å²) in [6.07, 6.45) is 1.32. The number of hydrogen-bond acceptors (Lipinski definition) is 8. The van der Waals surface area contributed by atoms with Crippen LogP contribution >= 0.6 is 0 Å². The molecule has 2 heterocycles. The number of carbonyl (C=O) groups is 2. The fourth-order valence-electron chi connectivity index (χ4n) is 4.05. The zero-order valence-electron chi connectivity index (χ0n) is 20.6. The number of anilines is 3. The molecule has 188 valence electrons. The number of likely N-dealkylation sites (N-methyl/N-ethyl adjacent to an activating group) is 1. The summed E-state index contributed by atoms with van der Waals surface area (Å²) >= 11 is 0. The lowest BCUT2D eigenvalue weighted by molar-refractivity contribution is -0.126. The van der Waals surface area contributed by atoms with Crippen LogP contribution in [-0.2, 0) is 4.79 Å². The van der Waals surface area contributed by atoms with Crippen molar-refractivity contribution in [3.8, 4) is 5.75 Å². The van der Waals surface area contributed by atoms with E-state index < -0.39 is 5.91 Å². The van der Waals surface area contributed by atoms with E-state index in [1.54, 1.807) is 17.0 Å². The Hall–Kier alpha value is -4.18. The molecular formula is C26H31N7O3. The number of carbonyl (C=O) groups excluding carboxylic acids is 2. The Morgan fingerprint density at radius 1 is 1.11 bits per heavy atom. The van der Waals surface area contributed by atoms with Crippen molar-refractivity contribution in [2.75, 3.05) is 68.9 Å². The minimum atomic E-state index is -0.412. The second-order valence-corrected chi connectivity index (χ2v) is 8.85. The largest absolute Gasteiger partial charge is 0.508 e. The number of rotatable bonds is 8. The van der Waals surface area contributed by atoms with E-state index in [0.29, 0.717) is 50.2 Å². The van der Waals surface area contributed by atoms with Crippen molar-refractivity contribution in [1.82, 2.24) is 19.8 Å². The smallest absolute Gasteiger partial charge is 0.274 e. The van der Waals surface area contributed by atoms with Crippen LogP contribution in [0.1, 0.15) is 10.5 Å². The average Bonchev–Trinajstić information content (AvgIpc) is 2.87. The summed E-state index contributed by atoms with van der Waals surface area (Å²) in [6.45, 7) is 7.16. The average molecular weight is 490 g/mol. The van der Waals surface area contributed by atoms with E-state index in [9.17, 15) is 14.7 Å². The molecule has 10 heteroatoms. The van der Waals surface area contributed by atoms with Gasteiger partial charge in [0, 0.05) is 56.8 Å². The van der Waals surface area contributed by atoms with Gasteiger partial charge in [-0.15, -0.1) is 0 Å². The first-order valence-electron chi connectivity index (χ1n) is 11.8. The number of nitrogens with zero attached hydrogens (tertiary/aromatic N) is 5. The quantitative estimate of drug-likeness (QED) is 0.414. The molecular weight excluding hydrogens is 458 g/mol. The van der Waals surface area contributed by atoms with Gasteiger partial charge in [-0.05, 0) is 31.6 Å². The molecule has 0 radical (unpaired) electrons. The Morgan fingerprint density at radius 3 is 2.58 bits per heavy atom. The molecule has 1 aliphatic heterocycles. The second-order valence-electron chi connectivity index (χ2n) is 8.85. The molecule has 2 aromatic carbocycles. The van der Waals surface area contributed by atoms with E-state index in [1.165, 1.54) is 12.1 Å². The van der Waals surface area contributed by atoms with Crippen LogP contribution in [-0.4, -0.2) is 90.1 Å². The summed E-state index contributed by atoms with van der Waals surface area (Å²) in [7, 11) is 3.95. The molecule has 2 amide bonds. The number of aromatic nitrogens is 2. The highest BCUT2D eigenvalue weighted by atomic mass is 16.3. The van der Waals surface area contributed by atoms with Crippen LogP contribution in [0.2, 0.25) is 0 Å². The molecule has 0 aliphatic carbocycles. The number of benzene rings is 2. The van der Waals surface area contributed by atoms with Crippen LogP contribution in [0.4, 0.5) is 17.5 Å². The van der Waals surface area contributed by atoms with E-state index >= 15 is 0 Å². The van der Waals surface area contributed by atoms with Crippen LogP contribution in [0.15, 0.2) is 55.1 Å². The maximum atomic E-state index is 13.3. The fourth-order valence-corrected chi connectivity index (χ4v) is 4.05. The lowest BCUT2D eigenvalue weighted by atomic mass is 10.1. The first-order chi connectivity index (χ1) is 17.3. The Kier molecular flexibility index (Phi) is 7.65. The molecule has 1 fully saturated rings. The zero-order chi connectivity index (χ0) is 25.7. The number of hydrogen-bond donors (Lipinski definition) is 3. The third-order valence-corrected chi connectivity index (χ3v) is 5.97. The van der Waals surface area contributed by atoms with Crippen molar-refractivity contribution >= 4 is 40.0 Å². The number of amides is 2. The molecule has 0 saturated carbocycles. The van der Waals surface area contributed by atoms with Crippen LogP contribution in [0.25, 0.3) is 10.8 Å². The Balaban J connectivity index is 1.60. The fraction of sp³-hybridized carbons (Fsp3) is 0.308. The molecule has 3 aromatic rings. The van der Waals surface area contributed by atoms with E-state index in [0.717, 1.165) is 17.3 Å². The van der Waals surface area contributed by atoms with Gasteiger partial charge >= 0.3 is 0 Å². The van der Waals surface area contributed by atoms with Gasteiger partial charge in [0.15, 0.2) is 0 Å². The molecule has 4 rings (SSSR count). The summed E-state index contributed by atoms with van der Waals surface area (Å²) in [5, 5.41) is 17.9. The van der Waals surface area contributed by atoms with Gasteiger partial charge in [0.1, 0.15) is 17.3 Å². The number of phenols is 1. The highest BCUT2D eigenvalue weighted by molar-refractivity contribution is 6.09. The number of aromatic hydroxyl groups is 1. The first-order valence-corrected chi connectivity index (χ1v) is 11.8. The normalized spacial score (nSPS) is 13.6. The van der Waals surface area contributed by atoms with Crippen LogP contribution in [0.3, 0.4) is 0 Å². The Labute approximate surface area is 210 Å². The van der Waals surface area contributed by atoms with E-state index in [1.807, 2.05) is 48.2 Å². The monoisotopic (exact) mass is 489 g/mol. The van der Waals surface area contributed by atoms with Gasteiger partial charge in [-0.25, -0.2) is 4.98 Å². The Morgan fingerprint density at radius 2 is 1.86 bits per heavy atom. The molecule has 1 saturated heterocycles. The Bertz CT molecular complexity index is 1270. The van der Waals surface area contributed by atoms with Crippen molar-refractivity contribution in [2.24, 2.45) is 0 Å². The lowest BCUT2D eigenvalue weighted by Gasteiger charge is -2.35. The van der Waals surface area contributed by atoms with Gasteiger partial charge in [0.2, 0.25) is 11.9 Å². The summed E-state index contributed by atoms with van der Waals surface area (Å²) in [4.78, 5) is 40.2. The van der Waals surface area contributed by atoms with Crippen molar-refractivity contribution < 1.29 is 14.7 Å². The topological polar surface area (TPSA) is 114 Å². The van der Waals surface area contributed by atoms with E-state index in [2.05, 4.69) is 27.2 Å². The standard InChI is InChI=1S/C26H31N7O3/c1-4-24(35)33-13-11-32(12-14-33)23-17-22(29-26(30-23)27-9-10-31(2)3)25(36)28-21-16-19(34)15-18-7-5-6-8-20(18)21/h4-8,15-17,34H,1,9-14H2,2-3H3,(H,28,36)(H,27,29,30). The molecule has 3 N–H and O–H groups in total. The summed E-state index contributed by atoms with van der Waals surface area (Å²) in [5.41, 5.74) is 0.693. The number of nitrogens with one attached hydrogen (secondary N) is 2. The third-order valence-electron chi connectivity index (χ3n) is 5.97. The summed E-state index contributed by atoms with van der Waals surface area (Å²) in [6, 6.07) is 12.3. The first kappa shape index (κ1) is 24.9. The highest BCUT2D eigenvalue weighted by Gasteiger charge is 2.23. The SMILES string of the molecule is C=CC(=O)N1CCN(c2cc(C(=O)Nc3cc(O)cc4ccccc34)nc(NCCN(C)C)n2)CC1. The van der Waals surface area contributed by atoms with Crippen LogP contribution in [0.5, 0.6) is 5.75 Å². The summed E-state index contributed by atoms with van der Waals surface area (Å²) < 4.78 is 0. The van der Waals surface area contributed by atoms with Gasteiger partial charge in [-0.2, -0.15) is 4.98 Å². The zero-order valence-corrected chi connectivity index (χ0v) is 20.6. The maximum Gasteiger partial charge on any atom is 0.274 e. The van der Waals surface area contributed by atoms with Crippen molar-refractivity contribution in [2.45, 2.75) is 0 Å². The molecule has 0 spiro atoms. The molecule has 1 aromatic heterocycles. The van der Waals surface area contributed by atoms with Gasteiger partial charge in [-0.3, -0.25) is 9.59 Å². The molecule has 0 unspecified atom stereocenters. The molecule has 36 heavy (non-hydrogen) atoms. The van der Waals surface area contributed by atoms with Crippen LogP contribution < -0.4 is 15.5 Å². The van der Waals surface area contributed by atoms with E-state index in [4.69, 9.17) is 0 Å². The minimum absolute atomic E-state index is 0.0605. The predicted octanol–water partition coefficient (Wildman–Crippen LogP) is 2.40. The second kappa shape index (κ2) is 11.0. The number of phenolic OH excluding ortho intramolecular Hbond substituents is 1. The maximum absolute atomic E-state index is 13.3. The molecule has 1 aliphatic rings. The number of fused-ring (bicyclic) bond motifs is 1.